The molecule has 1 aliphatic carbocycles. The predicted octanol–water partition coefficient (Wildman–Crippen LogP) is 0.552. The molecule has 0 aromatic carbocycles. The molecule has 21 heavy (non-hydrogen) atoms. The summed E-state index contributed by atoms with van der Waals surface area (Å²) < 4.78 is 7.03. The number of ether oxygens (including phenoxy) is 1. The first-order valence-electron chi connectivity index (χ1n) is 7.07. The van der Waals surface area contributed by atoms with E-state index in [-0.39, 0.29) is 18.6 Å². The Kier molecular flexibility index (Phi) is 3.24. The zero-order valence-corrected chi connectivity index (χ0v) is 12.4. The van der Waals surface area contributed by atoms with Crippen LogP contribution in [0.3, 0.4) is 0 Å². The van der Waals surface area contributed by atoms with Crippen molar-refractivity contribution in [2.45, 2.75) is 44.9 Å². The quantitative estimate of drug-likeness (QED) is 0.880. The maximum absolute atomic E-state index is 12.2. The highest BCUT2D eigenvalue weighted by molar-refractivity contribution is 5.83. The van der Waals surface area contributed by atoms with Crippen molar-refractivity contribution in [1.82, 2.24) is 14.7 Å². The lowest BCUT2D eigenvalue weighted by Gasteiger charge is -2.39. The van der Waals surface area contributed by atoms with Crippen LogP contribution in [0.4, 0.5) is 0 Å². The SMILES string of the molecule is Cc1nn(C)c(C)c1C1C(C(=O)O)OCC(=O)N1C1CC1. The van der Waals surface area contributed by atoms with E-state index in [2.05, 4.69) is 5.10 Å². The molecular formula is C14H19N3O4. The molecule has 0 spiro atoms. The molecule has 114 valence electrons. The highest BCUT2D eigenvalue weighted by atomic mass is 16.5. The summed E-state index contributed by atoms with van der Waals surface area (Å²) in [5.41, 5.74) is 2.41. The van der Waals surface area contributed by atoms with Crippen molar-refractivity contribution < 1.29 is 19.4 Å². The lowest BCUT2D eigenvalue weighted by atomic mass is 9.95. The van der Waals surface area contributed by atoms with Gasteiger partial charge in [0.25, 0.3) is 0 Å². The molecule has 1 aliphatic heterocycles. The number of carboxylic acids is 1. The van der Waals surface area contributed by atoms with Crippen LogP contribution in [0.25, 0.3) is 0 Å². The minimum atomic E-state index is -1.04. The molecule has 0 radical (unpaired) electrons. The van der Waals surface area contributed by atoms with Gasteiger partial charge in [0, 0.05) is 24.3 Å². The largest absolute Gasteiger partial charge is 0.479 e. The van der Waals surface area contributed by atoms with Crippen LogP contribution in [0.2, 0.25) is 0 Å². The zero-order chi connectivity index (χ0) is 15.3. The van der Waals surface area contributed by atoms with Gasteiger partial charge in [-0.05, 0) is 26.7 Å². The van der Waals surface area contributed by atoms with Crippen LogP contribution in [-0.4, -0.2) is 50.4 Å². The molecule has 2 unspecified atom stereocenters. The van der Waals surface area contributed by atoms with Gasteiger partial charge >= 0.3 is 5.97 Å². The molecule has 3 rings (SSSR count). The Bertz CT molecular complexity index is 606. The van der Waals surface area contributed by atoms with Gasteiger partial charge in [-0.1, -0.05) is 0 Å². The average molecular weight is 293 g/mol. The first-order chi connectivity index (χ1) is 9.91. The van der Waals surface area contributed by atoms with Gasteiger partial charge in [-0.3, -0.25) is 9.48 Å². The number of carboxylic acid groups (broad SMARTS) is 1. The Morgan fingerprint density at radius 1 is 1.38 bits per heavy atom. The van der Waals surface area contributed by atoms with Crippen molar-refractivity contribution in [1.29, 1.82) is 0 Å². The second-order valence-corrected chi connectivity index (χ2v) is 5.75. The molecule has 2 heterocycles. The Balaban J connectivity index is 2.10. The summed E-state index contributed by atoms with van der Waals surface area (Å²) >= 11 is 0. The topological polar surface area (TPSA) is 84.7 Å². The minimum Gasteiger partial charge on any atom is -0.479 e. The smallest absolute Gasteiger partial charge is 0.335 e. The van der Waals surface area contributed by atoms with Crippen LogP contribution in [-0.2, 0) is 21.4 Å². The van der Waals surface area contributed by atoms with E-state index in [1.165, 1.54) is 0 Å². The van der Waals surface area contributed by atoms with E-state index in [1.54, 1.807) is 9.58 Å². The molecule has 2 aliphatic rings. The third-order valence-corrected chi connectivity index (χ3v) is 4.31. The molecule has 2 atom stereocenters. The molecule has 1 aromatic heterocycles. The van der Waals surface area contributed by atoms with Gasteiger partial charge in [0.05, 0.1) is 11.7 Å². The number of aliphatic carboxylic acids is 1. The minimum absolute atomic E-state index is 0.132. The number of morpholine rings is 1. The Labute approximate surface area is 122 Å². The first kappa shape index (κ1) is 14.1. The molecule has 1 saturated heterocycles. The lowest BCUT2D eigenvalue weighted by molar-refractivity contribution is -0.174. The monoisotopic (exact) mass is 293 g/mol. The first-order valence-corrected chi connectivity index (χ1v) is 7.07. The maximum atomic E-state index is 12.2. The Hall–Kier alpha value is -1.89. The summed E-state index contributed by atoms with van der Waals surface area (Å²) in [6.45, 7) is 3.56. The Morgan fingerprint density at radius 2 is 2.05 bits per heavy atom. The second kappa shape index (κ2) is 4.84. The standard InChI is InChI=1S/C14H19N3O4/c1-7-11(8(2)16(3)15-7)12-13(14(19)20)21-6-10(18)17(12)9-4-5-9/h9,12-13H,4-6H2,1-3H3,(H,19,20). The Morgan fingerprint density at radius 3 is 2.52 bits per heavy atom. The van der Waals surface area contributed by atoms with Crippen molar-refractivity contribution in [3.05, 3.63) is 17.0 Å². The van der Waals surface area contributed by atoms with Crippen LogP contribution in [0, 0.1) is 13.8 Å². The van der Waals surface area contributed by atoms with Crippen LogP contribution < -0.4 is 0 Å². The van der Waals surface area contributed by atoms with E-state index in [9.17, 15) is 14.7 Å². The number of hydrogen-bond donors (Lipinski definition) is 1. The summed E-state index contributed by atoms with van der Waals surface area (Å²) in [7, 11) is 1.81. The summed E-state index contributed by atoms with van der Waals surface area (Å²) in [5.74, 6) is -1.18. The van der Waals surface area contributed by atoms with E-state index in [0.29, 0.717) is 0 Å². The fourth-order valence-electron chi connectivity index (χ4n) is 3.13. The third kappa shape index (κ3) is 2.21. The molecule has 1 amide bonds. The molecule has 0 bridgehead atoms. The number of aromatic nitrogens is 2. The van der Waals surface area contributed by atoms with Crippen molar-refractivity contribution in [3.8, 4) is 0 Å². The van der Waals surface area contributed by atoms with Gasteiger partial charge in [0.2, 0.25) is 5.91 Å². The number of hydrogen-bond acceptors (Lipinski definition) is 4. The van der Waals surface area contributed by atoms with Crippen LogP contribution >= 0.6 is 0 Å². The highest BCUT2D eigenvalue weighted by Crippen LogP contribution is 2.41. The number of nitrogens with zero attached hydrogens (tertiary/aromatic N) is 3. The fraction of sp³-hybridized carbons (Fsp3) is 0.643. The summed E-state index contributed by atoms with van der Waals surface area (Å²) in [6, 6.07) is -0.461. The van der Waals surface area contributed by atoms with Gasteiger partial charge in [0.1, 0.15) is 6.61 Å². The summed E-state index contributed by atoms with van der Waals surface area (Å²) in [4.78, 5) is 25.5. The highest BCUT2D eigenvalue weighted by Gasteiger charge is 2.49. The molecule has 1 aromatic rings. The molecule has 1 N–H and O–H groups in total. The second-order valence-electron chi connectivity index (χ2n) is 5.75. The van der Waals surface area contributed by atoms with E-state index >= 15 is 0 Å². The molecule has 7 heteroatoms. The molecular weight excluding hydrogens is 274 g/mol. The average Bonchev–Trinajstić information content (AvgIpc) is 3.19. The summed E-state index contributed by atoms with van der Waals surface area (Å²) in [5, 5.41) is 13.8. The fourth-order valence-corrected chi connectivity index (χ4v) is 3.13. The number of rotatable bonds is 3. The predicted molar refractivity (Wildman–Crippen MR) is 72.7 cm³/mol. The van der Waals surface area contributed by atoms with E-state index in [4.69, 9.17) is 4.74 Å². The third-order valence-electron chi connectivity index (χ3n) is 4.31. The van der Waals surface area contributed by atoms with Crippen molar-refractivity contribution in [3.63, 3.8) is 0 Å². The van der Waals surface area contributed by atoms with E-state index in [0.717, 1.165) is 29.8 Å². The van der Waals surface area contributed by atoms with Crippen LogP contribution in [0.15, 0.2) is 0 Å². The van der Waals surface area contributed by atoms with Gasteiger partial charge in [-0.25, -0.2) is 4.79 Å². The van der Waals surface area contributed by atoms with E-state index in [1.807, 2.05) is 20.9 Å². The van der Waals surface area contributed by atoms with Gasteiger partial charge < -0.3 is 14.7 Å². The summed E-state index contributed by atoms with van der Waals surface area (Å²) in [6.07, 6.45) is 0.810. The zero-order valence-electron chi connectivity index (χ0n) is 12.4. The number of amides is 1. The number of aryl methyl sites for hydroxylation is 2. The van der Waals surface area contributed by atoms with Gasteiger partial charge in [-0.2, -0.15) is 5.10 Å². The number of carbonyl (C=O) groups excluding carboxylic acids is 1. The maximum Gasteiger partial charge on any atom is 0.335 e. The van der Waals surface area contributed by atoms with Crippen molar-refractivity contribution in [2.75, 3.05) is 6.61 Å². The van der Waals surface area contributed by atoms with Crippen LogP contribution in [0.5, 0.6) is 0 Å². The van der Waals surface area contributed by atoms with E-state index < -0.39 is 18.1 Å². The van der Waals surface area contributed by atoms with Gasteiger partial charge in [-0.15, -0.1) is 0 Å². The lowest BCUT2D eigenvalue weighted by Crippen LogP contribution is -2.53. The number of carbonyl (C=O) groups is 2. The molecule has 7 nitrogen and oxygen atoms in total. The van der Waals surface area contributed by atoms with Gasteiger partial charge in [0.15, 0.2) is 6.10 Å². The van der Waals surface area contributed by atoms with Crippen molar-refractivity contribution in [2.24, 2.45) is 7.05 Å². The molecule has 2 fully saturated rings. The van der Waals surface area contributed by atoms with Crippen molar-refractivity contribution >= 4 is 11.9 Å². The van der Waals surface area contributed by atoms with Crippen LogP contribution in [0.1, 0.15) is 35.8 Å². The molecule has 1 saturated carbocycles. The normalized spacial score (nSPS) is 26.2.